The van der Waals surface area contributed by atoms with Crippen molar-refractivity contribution in [2.75, 3.05) is 19.6 Å². The summed E-state index contributed by atoms with van der Waals surface area (Å²) in [6.07, 6.45) is 1.74. The second kappa shape index (κ2) is 3.96. The molecular formula is C10H13BrN2O2. The van der Waals surface area contributed by atoms with Gasteiger partial charge in [0.1, 0.15) is 12.6 Å². The highest BCUT2D eigenvalue weighted by Gasteiger charge is 2.41. The zero-order valence-electron chi connectivity index (χ0n) is 8.41. The van der Waals surface area contributed by atoms with Crippen LogP contribution in [0.2, 0.25) is 0 Å². The Hall–Kier alpha value is -0.840. The fourth-order valence-corrected chi connectivity index (χ4v) is 2.51. The first kappa shape index (κ1) is 10.7. The van der Waals surface area contributed by atoms with E-state index in [9.17, 15) is 9.59 Å². The van der Waals surface area contributed by atoms with E-state index >= 15 is 0 Å². The number of hydrogen-bond donors (Lipinski definition) is 0. The molecule has 2 heterocycles. The van der Waals surface area contributed by atoms with Crippen LogP contribution >= 0.6 is 15.9 Å². The molecule has 2 fully saturated rings. The Morgan fingerprint density at radius 3 is 2.93 bits per heavy atom. The van der Waals surface area contributed by atoms with Crippen LogP contribution in [0.5, 0.6) is 0 Å². The largest absolute Gasteiger partial charge is 0.329 e. The summed E-state index contributed by atoms with van der Waals surface area (Å²) in [5.41, 5.74) is 0. The van der Waals surface area contributed by atoms with Crippen LogP contribution in [-0.2, 0) is 9.59 Å². The number of fused-ring (bicyclic) bond motifs is 1. The van der Waals surface area contributed by atoms with Crippen LogP contribution in [0.1, 0.15) is 12.8 Å². The molecule has 5 heteroatoms. The predicted molar refractivity (Wildman–Crippen MR) is 59.4 cm³/mol. The molecule has 1 atom stereocenters. The second-order valence-corrected chi connectivity index (χ2v) is 5.08. The molecule has 15 heavy (non-hydrogen) atoms. The van der Waals surface area contributed by atoms with E-state index < -0.39 is 0 Å². The average molecular weight is 273 g/mol. The summed E-state index contributed by atoms with van der Waals surface area (Å²) < 4.78 is 0.732. The fourth-order valence-electron chi connectivity index (χ4n) is 2.21. The van der Waals surface area contributed by atoms with Gasteiger partial charge in [-0.05, 0) is 12.8 Å². The lowest BCUT2D eigenvalue weighted by atomic mass is 10.1. The highest BCUT2D eigenvalue weighted by molar-refractivity contribution is 9.11. The highest BCUT2D eigenvalue weighted by atomic mass is 79.9. The Bertz CT molecular complexity index is 329. The number of amides is 2. The molecule has 1 unspecified atom stereocenters. The van der Waals surface area contributed by atoms with Crippen LogP contribution in [0.4, 0.5) is 0 Å². The van der Waals surface area contributed by atoms with Crippen molar-refractivity contribution in [3.05, 3.63) is 11.1 Å². The third-order valence-electron chi connectivity index (χ3n) is 2.86. The first-order valence-corrected chi connectivity index (χ1v) is 5.80. The molecule has 0 spiro atoms. The molecule has 82 valence electrons. The highest BCUT2D eigenvalue weighted by Crippen LogP contribution is 2.24. The number of carbonyl (C=O) groups is 2. The molecule has 0 bridgehead atoms. The van der Waals surface area contributed by atoms with Crippen LogP contribution < -0.4 is 0 Å². The molecule has 0 aromatic rings. The van der Waals surface area contributed by atoms with Crippen LogP contribution in [0.3, 0.4) is 0 Å². The van der Waals surface area contributed by atoms with E-state index in [2.05, 4.69) is 22.5 Å². The predicted octanol–water partition coefficient (Wildman–Crippen LogP) is 0.728. The monoisotopic (exact) mass is 272 g/mol. The SMILES string of the molecule is C=C(Br)CN1CC(=O)N2CCCC2C1=O. The van der Waals surface area contributed by atoms with Crippen LogP contribution in [-0.4, -0.2) is 47.3 Å². The quantitative estimate of drug-likeness (QED) is 0.744. The minimum Gasteiger partial charge on any atom is -0.329 e. The van der Waals surface area contributed by atoms with Gasteiger partial charge in [0.2, 0.25) is 11.8 Å². The summed E-state index contributed by atoms with van der Waals surface area (Å²) in [5, 5.41) is 0. The molecule has 2 aliphatic heterocycles. The van der Waals surface area contributed by atoms with E-state index in [1.807, 2.05) is 0 Å². The average Bonchev–Trinajstić information content (AvgIpc) is 2.61. The summed E-state index contributed by atoms with van der Waals surface area (Å²) >= 11 is 3.22. The van der Waals surface area contributed by atoms with Gasteiger partial charge in [0, 0.05) is 11.0 Å². The van der Waals surface area contributed by atoms with Gasteiger partial charge in [-0.1, -0.05) is 22.5 Å². The van der Waals surface area contributed by atoms with Gasteiger partial charge in [-0.25, -0.2) is 0 Å². The number of rotatable bonds is 2. The lowest BCUT2D eigenvalue weighted by Crippen LogP contribution is -2.57. The number of nitrogens with zero attached hydrogens (tertiary/aromatic N) is 2. The summed E-state index contributed by atoms with van der Waals surface area (Å²) in [6.45, 7) is 5.05. The molecule has 2 saturated heterocycles. The Kier molecular flexibility index (Phi) is 2.82. The van der Waals surface area contributed by atoms with Gasteiger partial charge >= 0.3 is 0 Å². The Morgan fingerprint density at radius 1 is 1.53 bits per heavy atom. The number of carbonyl (C=O) groups excluding carboxylic acids is 2. The fraction of sp³-hybridized carbons (Fsp3) is 0.600. The zero-order valence-corrected chi connectivity index (χ0v) is 9.99. The van der Waals surface area contributed by atoms with Gasteiger partial charge in [-0.2, -0.15) is 0 Å². The first-order chi connectivity index (χ1) is 7.09. The topological polar surface area (TPSA) is 40.6 Å². The Labute approximate surface area is 97.0 Å². The maximum atomic E-state index is 12.0. The maximum Gasteiger partial charge on any atom is 0.246 e. The minimum absolute atomic E-state index is 0.0610. The maximum absolute atomic E-state index is 12.0. The summed E-state index contributed by atoms with van der Waals surface area (Å²) in [4.78, 5) is 26.9. The summed E-state index contributed by atoms with van der Waals surface area (Å²) in [6, 6.07) is -0.210. The third-order valence-corrected chi connectivity index (χ3v) is 3.11. The molecule has 2 amide bonds. The van der Waals surface area contributed by atoms with E-state index in [1.165, 1.54) is 0 Å². The summed E-state index contributed by atoms with van der Waals surface area (Å²) in [5.74, 6) is 0.124. The second-order valence-electron chi connectivity index (χ2n) is 3.96. The van der Waals surface area contributed by atoms with E-state index in [1.54, 1.807) is 9.80 Å². The molecule has 0 aliphatic carbocycles. The Morgan fingerprint density at radius 2 is 2.27 bits per heavy atom. The number of halogens is 1. The number of hydrogen-bond acceptors (Lipinski definition) is 2. The first-order valence-electron chi connectivity index (χ1n) is 5.01. The molecule has 0 radical (unpaired) electrons. The number of piperazine rings is 1. The van der Waals surface area contributed by atoms with Crippen molar-refractivity contribution in [2.24, 2.45) is 0 Å². The molecule has 0 N–H and O–H groups in total. The van der Waals surface area contributed by atoms with Crippen molar-refractivity contribution in [2.45, 2.75) is 18.9 Å². The summed E-state index contributed by atoms with van der Waals surface area (Å²) in [7, 11) is 0. The van der Waals surface area contributed by atoms with Crippen molar-refractivity contribution < 1.29 is 9.59 Å². The lowest BCUT2D eigenvalue weighted by molar-refractivity contribution is -0.152. The van der Waals surface area contributed by atoms with Crippen LogP contribution in [0, 0.1) is 0 Å². The van der Waals surface area contributed by atoms with Gasteiger partial charge < -0.3 is 9.80 Å². The lowest BCUT2D eigenvalue weighted by Gasteiger charge is -2.36. The van der Waals surface area contributed by atoms with Gasteiger partial charge in [0.25, 0.3) is 0 Å². The molecule has 4 nitrogen and oxygen atoms in total. The van der Waals surface area contributed by atoms with Gasteiger partial charge in [-0.3, -0.25) is 9.59 Å². The minimum atomic E-state index is -0.210. The van der Waals surface area contributed by atoms with E-state index in [4.69, 9.17) is 0 Å². The van der Waals surface area contributed by atoms with E-state index in [-0.39, 0.29) is 24.4 Å². The van der Waals surface area contributed by atoms with Crippen LogP contribution in [0.15, 0.2) is 11.1 Å². The van der Waals surface area contributed by atoms with Crippen molar-refractivity contribution >= 4 is 27.7 Å². The van der Waals surface area contributed by atoms with Gasteiger partial charge in [0.05, 0.1) is 6.54 Å². The molecule has 2 aliphatic rings. The zero-order chi connectivity index (χ0) is 11.0. The molecule has 0 saturated carbocycles. The standard InChI is InChI=1S/C10H13BrN2O2/c1-7(11)5-12-6-9(14)13-4-2-3-8(13)10(12)15/h8H,1-6H2. The van der Waals surface area contributed by atoms with Crippen molar-refractivity contribution in [1.29, 1.82) is 0 Å². The molecule has 2 rings (SSSR count). The molecule has 0 aromatic carbocycles. The normalized spacial score (nSPS) is 25.8. The smallest absolute Gasteiger partial charge is 0.246 e. The van der Waals surface area contributed by atoms with E-state index in [0.29, 0.717) is 6.54 Å². The van der Waals surface area contributed by atoms with Gasteiger partial charge in [-0.15, -0.1) is 0 Å². The molecule has 0 aromatic heterocycles. The van der Waals surface area contributed by atoms with Crippen LogP contribution in [0.25, 0.3) is 0 Å². The van der Waals surface area contributed by atoms with E-state index in [0.717, 1.165) is 23.9 Å². The van der Waals surface area contributed by atoms with Crippen molar-refractivity contribution in [3.63, 3.8) is 0 Å². The Balaban J connectivity index is 2.13. The van der Waals surface area contributed by atoms with Crippen molar-refractivity contribution in [1.82, 2.24) is 9.80 Å². The third kappa shape index (κ3) is 1.93. The van der Waals surface area contributed by atoms with Crippen molar-refractivity contribution in [3.8, 4) is 0 Å². The molecular weight excluding hydrogens is 260 g/mol. The van der Waals surface area contributed by atoms with Gasteiger partial charge in [0.15, 0.2) is 0 Å².